The minimum Gasteiger partial charge on any atom is -0.357 e. The number of hydrogen-bond acceptors (Lipinski definition) is 5. The molecule has 1 saturated heterocycles. The zero-order valence-corrected chi connectivity index (χ0v) is 20.1. The summed E-state index contributed by atoms with van der Waals surface area (Å²) in [7, 11) is 0. The third kappa shape index (κ3) is 7.42. The highest BCUT2D eigenvalue weighted by atomic mass is 127. The van der Waals surface area contributed by atoms with Crippen LogP contribution in [0.3, 0.4) is 0 Å². The molecule has 2 heterocycles. The highest BCUT2D eigenvalue weighted by molar-refractivity contribution is 14.0. The molecule has 1 aromatic heterocycles. The molecular formula is C20H30ClIN6O. The Morgan fingerprint density at radius 2 is 1.97 bits per heavy atom. The van der Waals surface area contributed by atoms with Gasteiger partial charge in [0.2, 0.25) is 11.7 Å². The third-order valence-electron chi connectivity index (χ3n) is 4.76. The average Bonchev–Trinajstić information content (AvgIpc) is 3.18. The summed E-state index contributed by atoms with van der Waals surface area (Å²) >= 11 is 5.92. The number of hydrogen-bond donors (Lipinski definition) is 2. The molecule has 160 valence electrons. The molecule has 0 aliphatic carbocycles. The van der Waals surface area contributed by atoms with E-state index in [9.17, 15) is 0 Å². The van der Waals surface area contributed by atoms with Gasteiger partial charge in [0.1, 0.15) is 6.54 Å². The van der Waals surface area contributed by atoms with Crippen molar-refractivity contribution >= 4 is 41.5 Å². The number of halogens is 2. The number of likely N-dealkylation sites (tertiary alicyclic amines) is 1. The van der Waals surface area contributed by atoms with Gasteiger partial charge in [-0.1, -0.05) is 23.7 Å². The second kappa shape index (κ2) is 12.3. The van der Waals surface area contributed by atoms with E-state index in [1.807, 2.05) is 24.3 Å². The van der Waals surface area contributed by atoms with Gasteiger partial charge in [0.05, 0.1) is 0 Å². The number of nitrogens with zero attached hydrogens (tertiary/aromatic N) is 4. The van der Waals surface area contributed by atoms with E-state index in [1.54, 1.807) is 0 Å². The molecule has 29 heavy (non-hydrogen) atoms. The van der Waals surface area contributed by atoms with Gasteiger partial charge in [-0.2, -0.15) is 4.98 Å². The van der Waals surface area contributed by atoms with Crippen LogP contribution < -0.4 is 10.6 Å². The summed E-state index contributed by atoms with van der Waals surface area (Å²) in [6.07, 6.45) is 3.47. The van der Waals surface area contributed by atoms with E-state index in [-0.39, 0.29) is 24.0 Å². The second-order valence-electron chi connectivity index (χ2n) is 6.97. The van der Waals surface area contributed by atoms with Gasteiger partial charge in [-0.3, -0.25) is 0 Å². The zero-order chi connectivity index (χ0) is 19.8. The highest BCUT2D eigenvalue weighted by Gasteiger charge is 2.19. The number of guanidine groups is 1. The van der Waals surface area contributed by atoms with Crippen LogP contribution in [-0.4, -0.2) is 53.2 Å². The molecule has 3 rings (SSSR count). The lowest BCUT2D eigenvalue weighted by atomic mass is 10.1. The van der Waals surface area contributed by atoms with Crippen molar-refractivity contribution in [1.29, 1.82) is 0 Å². The molecule has 9 heteroatoms. The Labute approximate surface area is 194 Å². The summed E-state index contributed by atoms with van der Waals surface area (Å²) in [6, 6.07) is 7.81. The molecule has 0 unspecified atom stereocenters. The van der Waals surface area contributed by atoms with Gasteiger partial charge in [0.15, 0.2) is 5.96 Å². The molecule has 1 fully saturated rings. The van der Waals surface area contributed by atoms with Crippen molar-refractivity contribution in [2.24, 2.45) is 4.99 Å². The maximum absolute atomic E-state index is 5.92. The van der Waals surface area contributed by atoms with Gasteiger partial charge < -0.3 is 20.1 Å². The molecule has 0 atom stereocenters. The number of nitrogens with one attached hydrogen (secondary N) is 2. The standard InChI is InChI=1S/C20H29ClN6O.HI/c1-3-11-27-12-9-17(10-13-27)24-20(22-4-2)23-14-18-25-19(26-28-18)15-5-7-16(21)8-6-15;/h5-8,17H,3-4,9-14H2,1-2H3,(H2,22,23,24);1H. The molecule has 0 bridgehead atoms. The van der Waals surface area contributed by atoms with Crippen LogP contribution in [0.5, 0.6) is 0 Å². The Bertz CT molecular complexity index is 759. The van der Waals surface area contributed by atoms with Crippen LogP contribution in [0, 0.1) is 0 Å². The van der Waals surface area contributed by atoms with Crippen LogP contribution in [0.25, 0.3) is 11.4 Å². The Balaban J connectivity index is 0.00000300. The third-order valence-corrected chi connectivity index (χ3v) is 5.01. The van der Waals surface area contributed by atoms with Crippen LogP contribution in [0.1, 0.15) is 39.0 Å². The topological polar surface area (TPSA) is 78.6 Å². The SMILES string of the molecule is CCCN1CCC(NC(=NCc2nc(-c3ccc(Cl)cc3)no2)NCC)CC1.I. The van der Waals surface area contributed by atoms with Gasteiger partial charge in [-0.25, -0.2) is 4.99 Å². The monoisotopic (exact) mass is 532 g/mol. The van der Waals surface area contributed by atoms with Crippen molar-refractivity contribution in [2.45, 2.75) is 45.7 Å². The smallest absolute Gasteiger partial charge is 0.248 e. The Morgan fingerprint density at radius 1 is 1.24 bits per heavy atom. The first-order valence-corrected chi connectivity index (χ1v) is 10.4. The van der Waals surface area contributed by atoms with Gasteiger partial charge >= 0.3 is 0 Å². The quantitative estimate of drug-likeness (QED) is 0.320. The minimum absolute atomic E-state index is 0. The number of rotatable bonds is 7. The Kier molecular flexibility index (Phi) is 10.2. The Hall–Kier alpha value is -1.39. The minimum atomic E-state index is 0. The summed E-state index contributed by atoms with van der Waals surface area (Å²) in [5, 5.41) is 11.6. The fraction of sp³-hybridized carbons (Fsp3) is 0.550. The van der Waals surface area contributed by atoms with Gasteiger partial charge in [-0.05, 0) is 57.0 Å². The first-order chi connectivity index (χ1) is 13.7. The first-order valence-electron chi connectivity index (χ1n) is 10.0. The molecule has 2 N–H and O–H groups in total. The van der Waals surface area contributed by atoms with E-state index >= 15 is 0 Å². The van der Waals surface area contributed by atoms with Crippen molar-refractivity contribution in [3.05, 3.63) is 35.2 Å². The van der Waals surface area contributed by atoms with E-state index < -0.39 is 0 Å². The number of aliphatic imine (C=N–C) groups is 1. The van der Waals surface area contributed by atoms with E-state index in [0.717, 1.165) is 44.0 Å². The molecule has 1 aliphatic rings. The lowest BCUT2D eigenvalue weighted by molar-refractivity contribution is 0.206. The molecule has 0 radical (unpaired) electrons. The normalized spacial score (nSPS) is 15.8. The maximum Gasteiger partial charge on any atom is 0.248 e. The first kappa shape index (κ1) is 23.9. The van der Waals surface area contributed by atoms with E-state index in [1.165, 1.54) is 13.0 Å². The fourth-order valence-corrected chi connectivity index (χ4v) is 3.44. The molecule has 1 aromatic carbocycles. The summed E-state index contributed by atoms with van der Waals surface area (Å²) < 4.78 is 5.35. The number of benzene rings is 1. The van der Waals surface area contributed by atoms with E-state index in [0.29, 0.717) is 29.3 Å². The average molecular weight is 533 g/mol. The molecular weight excluding hydrogens is 503 g/mol. The summed E-state index contributed by atoms with van der Waals surface area (Å²) in [4.78, 5) is 11.6. The van der Waals surface area contributed by atoms with Crippen LogP contribution in [-0.2, 0) is 6.54 Å². The van der Waals surface area contributed by atoms with Crippen molar-refractivity contribution in [2.75, 3.05) is 26.2 Å². The predicted molar refractivity (Wildman–Crippen MR) is 128 cm³/mol. The summed E-state index contributed by atoms with van der Waals surface area (Å²) in [5.41, 5.74) is 0.868. The van der Waals surface area contributed by atoms with Crippen molar-refractivity contribution in [3.63, 3.8) is 0 Å². The molecule has 2 aromatic rings. The largest absolute Gasteiger partial charge is 0.357 e. The van der Waals surface area contributed by atoms with Crippen LogP contribution in [0.4, 0.5) is 0 Å². The molecule has 0 spiro atoms. The van der Waals surface area contributed by atoms with Crippen molar-refractivity contribution < 1.29 is 4.52 Å². The van der Waals surface area contributed by atoms with E-state index in [2.05, 4.69) is 44.5 Å². The lowest BCUT2D eigenvalue weighted by Gasteiger charge is -2.32. The van der Waals surface area contributed by atoms with Gasteiger partial charge in [0, 0.05) is 36.3 Å². The van der Waals surface area contributed by atoms with Crippen LogP contribution in [0.2, 0.25) is 5.02 Å². The highest BCUT2D eigenvalue weighted by Crippen LogP contribution is 2.18. The van der Waals surface area contributed by atoms with Gasteiger partial charge in [-0.15, -0.1) is 24.0 Å². The predicted octanol–water partition coefficient (Wildman–Crippen LogP) is 3.94. The summed E-state index contributed by atoms with van der Waals surface area (Å²) in [6.45, 7) is 8.90. The van der Waals surface area contributed by atoms with Crippen LogP contribution in [0.15, 0.2) is 33.8 Å². The number of aromatic nitrogens is 2. The summed E-state index contributed by atoms with van der Waals surface area (Å²) in [5.74, 6) is 1.82. The van der Waals surface area contributed by atoms with E-state index in [4.69, 9.17) is 16.1 Å². The van der Waals surface area contributed by atoms with Crippen molar-refractivity contribution in [3.8, 4) is 11.4 Å². The molecule has 0 saturated carbocycles. The fourth-order valence-electron chi connectivity index (χ4n) is 3.31. The van der Waals surface area contributed by atoms with Crippen LogP contribution >= 0.6 is 35.6 Å². The molecule has 1 aliphatic heterocycles. The second-order valence-corrected chi connectivity index (χ2v) is 7.41. The lowest BCUT2D eigenvalue weighted by Crippen LogP contribution is -2.48. The van der Waals surface area contributed by atoms with Gasteiger partial charge in [0.25, 0.3) is 0 Å². The molecule has 0 amide bonds. The maximum atomic E-state index is 5.92. The molecule has 7 nitrogen and oxygen atoms in total. The Morgan fingerprint density at radius 3 is 2.62 bits per heavy atom. The number of piperidine rings is 1. The zero-order valence-electron chi connectivity index (χ0n) is 17.0. The van der Waals surface area contributed by atoms with Crippen molar-refractivity contribution in [1.82, 2.24) is 25.7 Å².